The van der Waals surface area contributed by atoms with Gasteiger partial charge in [-0.2, -0.15) is 0 Å². The Morgan fingerprint density at radius 2 is 1.79 bits per heavy atom. The lowest BCUT2D eigenvalue weighted by atomic mass is 9.82. The molecule has 0 radical (unpaired) electrons. The molecule has 1 aromatic carbocycles. The van der Waals surface area contributed by atoms with Crippen molar-refractivity contribution in [3.8, 4) is 0 Å². The summed E-state index contributed by atoms with van der Waals surface area (Å²) < 4.78 is 5.77. The summed E-state index contributed by atoms with van der Waals surface area (Å²) in [6.07, 6.45) is 5.98. The van der Waals surface area contributed by atoms with E-state index in [9.17, 15) is 9.59 Å². The van der Waals surface area contributed by atoms with Crippen molar-refractivity contribution >= 4 is 11.9 Å². The smallest absolute Gasteiger partial charge is 0.335 e. The van der Waals surface area contributed by atoms with Crippen molar-refractivity contribution in [3.63, 3.8) is 0 Å². The summed E-state index contributed by atoms with van der Waals surface area (Å²) in [5.41, 5.74) is 1.77. The lowest BCUT2D eigenvalue weighted by Crippen LogP contribution is -2.48. The molecule has 2 fully saturated rings. The topological polar surface area (TPSA) is 61.9 Å². The number of hydrogen-bond acceptors (Lipinski definition) is 5. The van der Waals surface area contributed by atoms with E-state index in [2.05, 4.69) is 52.4 Å². The zero-order valence-corrected chi connectivity index (χ0v) is 20.3. The number of carbonyl (C=O) groups is 2. The summed E-state index contributed by atoms with van der Waals surface area (Å²) >= 11 is 0. The molecule has 0 aliphatic carbocycles. The third-order valence-corrected chi connectivity index (χ3v) is 7.77. The van der Waals surface area contributed by atoms with Crippen LogP contribution in [0.5, 0.6) is 0 Å². The minimum Gasteiger partial charge on any atom is -0.450 e. The summed E-state index contributed by atoms with van der Waals surface area (Å²) in [7, 11) is 0. The zero-order valence-electron chi connectivity index (χ0n) is 20.3. The molecule has 0 saturated carbocycles. The summed E-state index contributed by atoms with van der Waals surface area (Å²) in [5, 5.41) is 3.08. The number of amides is 1. The van der Waals surface area contributed by atoms with E-state index in [0.29, 0.717) is 30.5 Å². The Labute approximate surface area is 198 Å². The predicted molar refractivity (Wildman–Crippen MR) is 130 cm³/mol. The molecule has 3 heterocycles. The van der Waals surface area contributed by atoms with E-state index in [0.717, 1.165) is 51.6 Å². The minimum absolute atomic E-state index is 0.120. The number of nitrogens with one attached hydrogen (secondary N) is 1. The van der Waals surface area contributed by atoms with Crippen LogP contribution >= 0.6 is 0 Å². The van der Waals surface area contributed by atoms with Gasteiger partial charge >= 0.3 is 5.97 Å². The largest absolute Gasteiger partial charge is 0.450 e. The van der Waals surface area contributed by atoms with E-state index in [-0.39, 0.29) is 11.9 Å². The molecule has 1 amide bonds. The Bertz CT molecular complexity index is 851. The molecule has 2 saturated heterocycles. The third kappa shape index (κ3) is 5.67. The monoisotopic (exact) mass is 453 g/mol. The van der Waals surface area contributed by atoms with E-state index >= 15 is 0 Å². The van der Waals surface area contributed by atoms with Gasteiger partial charge in [-0.3, -0.25) is 4.79 Å². The van der Waals surface area contributed by atoms with Crippen LogP contribution in [-0.4, -0.2) is 73.1 Å². The highest BCUT2D eigenvalue weighted by molar-refractivity contribution is 6.07. The number of rotatable bonds is 8. The van der Waals surface area contributed by atoms with Gasteiger partial charge in [0.2, 0.25) is 0 Å². The third-order valence-electron chi connectivity index (χ3n) is 7.77. The first kappa shape index (κ1) is 24.0. The molecule has 180 valence electrons. The van der Waals surface area contributed by atoms with Gasteiger partial charge in [-0.15, -0.1) is 0 Å². The van der Waals surface area contributed by atoms with Crippen LogP contribution in [0.15, 0.2) is 41.5 Å². The maximum Gasteiger partial charge on any atom is 0.335 e. The van der Waals surface area contributed by atoms with Gasteiger partial charge in [0.15, 0.2) is 0 Å². The first-order valence-electron chi connectivity index (χ1n) is 12.7. The molecule has 33 heavy (non-hydrogen) atoms. The molecule has 0 atom stereocenters. The molecule has 6 nitrogen and oxygen atoms in total. The van der Waals surface area contributed by atoms with Crippen LogP contribution in [0.2, 0.25) is 0 Å². The van der Waals surface area contributed by atoms with Gasteiger partial charge in [-0.25, -0.2) is 4.79 Å². The molecule has 3 aliphatic heterocycles. The van der Waals surface area contributed by atoms with Crippen LogP contribution in [0.1, 0.15) is 51.5 Å². The van der Waals surface area contributed by atoms with E-state index in [4.69, 9.17) is 4.74 Å². The quantitative estimate of drug-likeness (QED) is 0.484. The number of likely N-dealkylation sites (tertiary alicyclic amines) is 2. The number of carbonyl (C=O) groups excluding carboxylic acids is 2. The van der Waals surface area contributed by atoms with Gasteiger partial charge in [-0.1, -0.05) is 37.3 Å². The van der Waals surface area contributed by atoms with Crippen molar-refractivity contribution < 1.29 is 14.3 Å². The predicted octanol–water partition coefficient (Wildman–Crippen LogP) is 3.18. The second-order valence-electron chi connectivity index (χ2n) is 9.90. The number of ether oxygens (including phenoxy) is 1. The van der Waals surface area contributed by atoms with E-state index in [1.165, 1.54) is 24.8 Å². The van der Waals surface area contributed by atoms with Crippen molar-refractivity contribution in [2.24, 2.45) is 5.92 Å². The van der Waals surface area contributed by atoms with Crippen LogP contribution in [0.25, 0.3) is 0 Å². The van der Waals surface area contributed by atoms with Crippen LogP contribution in [0, 0.1) is 5.92 Å². The fraction of sp³-hybridized carbons (Fsp3) is 0.630. The molecule has 6 heteroatoms. The summed E-state index contributed by atoms with van der Waals surface area (Å²) in [4.78, 5) is 30.2. The van der Waals surface area contributed by atoms with Crippen molar-refractivity contribution in [3.05, 3.63) is 47.0 Å². The Hall–Kier alpha value is -2.18. The van der Waals surface area contributed by atoms with E-state index in [1.54, 1.807) is 6.92 Å². The molecule has 0 bridgehead atoms. The Morgan fingerprint density at radius 3 is 2.45 bits per heavy atom. The lowest BCUT2D eigenvalue weighted by Gasteiger charge is -2.39. The number of esters is 1. The number of benzene rings is 1. The standard InChI is InChI=1S/C27H39N3O3/c1-3-29-18-12-27(13-19-29)24(21(2)26(32)33-27)25(31)28-14-7-15-30-16-10-23(11-17-30)20-22-8-5-4-6-9-22/h4-6,8-9,23H,3,7,10-20H2,1-2H3,(H,28,31). The van der Waals surface area contributed by atoms with Crippen molar-refractivity contribution in [2.75, 3.05) is 45.8 Å². The molecule has 0 aromatic heterocycles. The van der Waals surface area contributed by atoms with Crippen LogP contribution in [-0.2, 0) is 20.7 Å². The van der Waals surface area contributed by atoms with Crippen LogP contribution < -0.4 is 5.32 Å². The van der Waals surface area contributed by atoms with Crippen molar-refractivity contribution in [1.29, 1.82) is 0 Å². The highest BCUT2D eigenvalue weighted by Gasteiger charge is 2.50. The lowest BCUT2D eigenvalue weighted by molar-refractivity contribution is -0.150. The molecule has 1 spiro atoms. The minimum atomic E-state index is -0.725. The Kier molecular flexibility index (Phi) is 7.86. The highest BCUT2D eigenvalue weighted by Crippen LogP contribution is 2.41. The Balaban J connectivity index is 1.20. The van der Waals surface area contributed by atoms with Crippen LogP contribution in [0.3, 0.4) is 0 Å². The second kappa shape index (κ2) is 10.8. The average molecular weight is 454 g/mol. The van der Waals surface area contributed by atoms with E-state index in [1.807, 2.05) is 0 Å². The van der Waals surface area contributed by atoms with Crippen LogP contribution in [0.4, 0.5) is 0 Å². The number of nitrogens with zero attached hydrogens (tertiary/aromatic N) is 2. The van der Waals surface area contributed by atoms with Gasteiger partial charge in [0.1, 0.15) is 5.60 Å². The molecule has 1 aromatic rings. The van der Waals surface area contributed by atoms with Gasteiger partial charge in [0.05, 0.1) is 5.57 Å². The zero-order chi connectivity index (χ0) is 23.3. The molecule has 4 rings (SSSR count). The van der Waals surface area contributed by atoms with Gasteiger partial charge in [0.25, 0.3) is 5.91 Å². The first-order chi connectivity index (χ1) is 16.0. The average Bonchev–Trinajstić information content (AvgIpc) is 3.08. The summed E-state index contributed by atoms with van der Waals surface area (Å²) in [6.45, 7) is 10.5. The van der Waals surface area contributed by atoms with Gasteiger partial charge in [-0.05, 0) is 70.3 Å². The van der Waals surface area contributed by atoms with Crippen molar-refractivity contribution in [2.45, 2.75) is 58.0 Å². The Morgan fingerprint density at radius 1 is 1.09 bits per heavy atom. The molecule has 1 N–H and O–H groups in total. The maximum atomic E-state index is 13.1. The highest BCUT2D eigenvalue weighted by atomic mass is 16.6. The van der Waals surface area contributed by atoms with Crippen molar-refractivity contribution in [1.82, 2.24) is 15.1 Å². The summed E-state index contributed by atoms with van der Waals surface area (Å²) in [6, 6.07) is 10.8. The fourth-order valence-corrected chi connectivity index (χ4v) is 5.66. The first-order valence-corrected chi connectivity index (χ1v) is 12.7. The van der Waals surface area contributed by atoms with Gasteiger partial charge in [0, 0.05) is 38.0 Å². The second-order valence-corrected chi connectivity index (χ2v) is 9.90. The molecule has 0 unspecified atom stereocenters. The summed E-state index contributed by atoms with van der Waals surface area (Å²) in [5.74, 6) is 0.321. The number of hydrogen-bond donors (Lipinski definition) is 1. The van der Waals surface area contributed by atoms with E-state index < -0.39 is 5.60 Å². The fourth-order valence-electron chi connectivity index (χ4n) is 5.66. The molecular formula is C27H39N3O3. The van der Waals surface area contributed by atoms with Gasteiger partial charge < -0.3 is 19.9 Å². The normalized spacial score (nSPS) is 22.1. The maximum absolute atomic E-state index is 13.1. The number of piperidine rings is 2. The molecule has 3 aliphatic rings. The molecular weight excluding hydrogens is 414 g/mol. The SMILES string of the molecule is CCN1CCC2(CC1)OC(=O)C(C)=C2C(=O)NCCCN1CCC(Cc2ccccc2)CC1.